The van der Waals surface area contributed by atoms with Gasteiger partial charge in [0.15, 0.2) is 0 Å². The van der Waals surface area contributed by atoms with E-state index in [9.17, 15) is 22.4 Å². The maximum Gasteiger partial charge on any atom is 0.327 e. The molecule has 2 saturated heterocycles. The van der Waals surface area contributed by atoms with Crippen LogP contribution in [0.1, 0.15) is 5.56 Å². The molecule has 2 aliphatic heterocycles. The van der Waals surface area contributed by atoms with Crippen molar-refractivity contribution in [1.82, 2.24) is 14.1 Å². The Morgan fingerprint density at radius 3 is 2.32 bits per heavy atom. The van der Waals surface area contributed by atoms with E-state index in [0.717, 1.165) is 22.6 Å². The van der Waals surface area contributed by atoms with Gasteiger partial charge in [-0.2, -0.15) is 4.31 Å². The zero-order valence-corrected chi connectivity index (χ0v) is 15.7. The maximum absolute atomic E-state index is 13.1. The minimum Gasteiger partial charge on any atom is -0.310 e. The van der Waals surface area contributed by atoms with Crippen LogP contribution in [0.2, 0.25) is 0 Å². The molecule has 0 N–H and O–H groups in total. The number of amides is 3. The van der Waals surface area contributed by atoms with Gasteiger partial charge < -0.3 is 4.90 Å². The summed E-state index contributed by atoms with van der Waals surface area (Å²) in [6, 6.07) is 12.4. The number of rotatable bonds is 4. The Morgan fingerprint density at radius 2 is 1.64 bits per heavy atom. The molecular formula is C19H18FN3O4S. The molecule has 2 aromatic rings. The van der Waals surface area contributed by atoms with E-state index in [2.05, 4.69) is 0 Å². The second-order valence-corrected chi connectivity index (χ2v) is 8.66. The van der Waals surface area contributed by atoms with Gasteiger partial charge >= 0.3 is 6.03 Å². The molecule has 28 heavy (non-hydrogen) atoms. The molecule has 0 aliphatic carbocycles. The normalized spacial score (nSPS) is 20.5. The molecule has 0 aromatic heterocycles. The summed E-state index contributed by atoms with van der Waals surface area (Å²) < 4.78 is 39.9. The fraction of sp³-hybridized carbons (Fsp3) is 0.263. The highest BCUT2D eigenvalue weighted by molar-refractivity contribution is 7.89. The van der Waals surface area contributed by atoms with Crippen molar-refractivity contribution in [3.63, 3.8) is 0 Å². The lowest BCUT2D eigenvalue weighted by atomic mass is 10.2. The summed E-state index contributed by atoms with van der Waals surface area (Å²) in [4.78, 5) is 28.0. The molecule has 0 saturated carbocycles. The Balaban J connectivity index is 1.54. The average molecular weight is 403 g/mol. The summed E-state index contributed by atoms with van der Waals surface area (Å²) in [7, 11) is -3.88. The van der Waals surface area contributed by atoms with Crippen molar-refractivity contribution in [3.8, 4) is 0 Å². The third-order valence-electron chi connectivity index (χ3n) is 5.01. The standard InChI is InChI=1S/C19H18FN3O4S/c20-15-6-8-16(9-7-15)28(26,27)21-10-11-22-17(13-21)18(24)23(19(22)25)12-14-4-2-1-3-5-14/h1-9,17H,10-13H2. The number of carbonyl (C=O) groups excluding carboxylic acids is 2. The van der Waals surface area contributed by atoms with Crippen LogP contribution in [0.25, 0.3) is 0 Å². The number of benzene rings is 2. The van der Waals surface area contributed by atoms with Crippen molar-refractivity contribution in [2.75, 3.05) is 19.6 Å². The van der Waals surface area contributed by atoms with Crippen LogP contribution in [0.3, 0.4) is 0 Å². The van der Waals surface area contributed by atoms with Gasteiger partial charge in [0, 0.05) is 19.6 Å². The molecule has 1 atom stereocenters. The fourth-order valence-corrected chi connectivity index (χ4v) is 4.95. The van der Waals surface area contributed by atoms with Crippen molar-refractivity contribution in [3.05, 3.63) is 66.0 Å². The Labute approximate surface area is 162 Å². The largest absolute Gasteiger partial charge is 0.327 e. The van der Waals surface area contributed by atoms with Gasteiger partial charge in [0.05, 0.1) is 11.4 Å². The molecule has 7 nitrogen and oxygen atoms in total. The predicted molar refractivity (Wildman–Crippen MR) is 98.0 cm³/mol. The first kappa shape index (κ1) is 18.6. The third-order valence-corrected chi connectivity index (χ3v) is 6.89. The third kappa shape index (κ3) is 3.16. The monoisotopic (exact) mass is 403 g/mol. The minimum absolute atomic E-state index is 0.0414. The van der Waals surface area contributed by atoms with Gasteiger partial charge in [-0.15, -0.1) is 0 Å². The molecule has 9 heteroatoms. The summed E-state index contributed by atoms with van der Waals surface area (Å²) in [6.45, 7) is 0.237. The van der Waals surface area contributed by atoms with Crippen LogP contribution in [-0.2, 0) is 21.4 Å². The lowest BCUT2D eigenvalue weighted by Gasteiger charge is -2.34. The van der Waals surface area contributed by atoms with Crippen molar-refractivity contribution >= 4 is 22.0 Å². The molecule has 3 amide bonds. The molecule has 2 fully saturated rings. The van der Waals surface area contributed by atoms with Crippen molar-refractivity contribution in [2.45, 2.75) is 17.5 Å². The van der Waals surface area contributed by atoms with E-state index in [4.69, 9.17) is 0 Å². The first-order valence-corrected chi connectivity index (χ1v) is 10.2. The number of fused-ring (bicyclic) bond motifs is 1. The number of urea groups is 1. The van der Waals surface area contributed by atoms with Gasteiger partial charge in [0.2, 0.25) is 10.0 Å². The molecule has 2 heterocycles. The number of hydrogen-bond donors (Lipinski definition) is 0. The van der Waals surface area contributed by atoms with Gasteiger partial charge in [-0.25, -0.2) is 17.6 Å². The summed E-state index contributed by atoms with van der Waals surface area (Å²) in [5.41, 5.74) is 0.819. The van der Waals surface area contributed by atoms with Crippen molar-refractivity contribution in [2.24, 2.45) is 0 Å². The molecular weight excluding hydrogens is 385 g/mol. The maximum atomic E-state index is 13.1. The van der Waals surface area contributed by atoms with Gasteiger partial charge in [0.25, 0.3) is 5.91 Å². The lowest BCUT2D eigenvalue weighted by Crippen LogP contribution is -2.54. The van der Waals surface area contributed by atoms with E-state index in [0.29, 0.717) is 0 Å². The van der Waals surface area contributed by atoms with Gasteiger partial charge in [0.1, 0.15) is 11.9 Å². The van der Waals surface area contributed by atoms with E-state index in [-0.39, 0.29) is 31.1 Å². The highest BCUT2D eigenvalue weighted by Gasteiger charge is 2.49. The quantitative estimate of drug-likeness (QED) is 0.728. The van der Waals surface area contributed by atoms with Crippen LogP contribution in [0, 0.1) is 5.82 Å². The average Bonchev–Trinajstić information content (AvgIpc) is 2.93. The lowest BCUT2D eigenvalue weighted by molar-refractivity contribution is -0.129. The number of nitrogens with zero attached hydrogens (tertiary/aromatic N) is 3. The number of carbonyl (C=O) groups is 2. The fourth-order valence-electron chi connectivity index (χ4n) is 3.51. The molecule has 0 spiro atoms. The first-order chi connectivity index (χ1) is 13.4. The van der Waals surface area contributed by atoms with E-state index < -0.39 is 33.8 Å². The number of piperazine rings is 1. The van der Waals surface area contributed by atoms with Crippen LogP contribution in [-0.4, -0.2) is 60.1 Å². The van der Waals surface area contributed by atoms with Crippen LogP contribution in [0.4, 0.5) is 9.18 Å². The summed E-state index contributed by atoms with van der Waals surface area (Å²) in [5, 5.41) is 0. The molecule has 1 unspecified atom stereocenters. The Bertz CT molecular complexity index is 1010. The topological polar surface area (TPSA) is 78.0 Å². The van der Waals surface area contributed by atoms with Crippen LogP contribution in [0.5, 0.6) is 0 Å². The predicted octanol–water partition coefficient (Wildman–Crippen LogP) is 1.66. The molecule has 2 aliphatic rings. The van der Waals surface area contributed by atoms with Crippen molar-refractivity contribution < 1.29 is 22.4 Å². The smallest absolute Gasteiger partial charge is 0.310 e. The Kier molecular flexibility index (Phi) is 4.64. The molecule has 0 radical (unpaired) electrons. The SMILES string of the molecule is O=C1C2CN(S(=O)(=O)c3ccc(F)cc3)CCN2C(=O)N1Cc1ccccc1. The number of imide groups is 1. The van der Waals surface area contributed by atoms with Gasteiger partial charge in [-0.1, -0.05) is 30.3 Å². The molecule has 4 rings (SSSR count). The van der Waals surface area contributed by atoms with E-state index in [1.165, 1.54) is 21.3 Å². The second-order valence-electron chi connectivity index (χ2n) is 6.72. The zero-order valence-electron chi connectivity index (χ0n) is 14.9. The van der Waals surface area contributed by atoms with Crippen molar-refractivity contribution in [1.29, 1.82) is 0 Å². The van der Waals surface area contributed by atoms with Crippen LogP contribution < -0.4 is 0 Å². The van der Waals surface area contributed by atoms with E-state index in [1.807, 2.05) is 30.3 Å². The Hall–Kier alpha value is -2.78. The number of hydrogen-bond acceptors (Lipinski definition) is 4. The molecule has 146 valence electrons. The number of halogens is 1. The van der Waals surface area contributed by atoms with Crippen LogP contribution in [0.15, 0.2) is 59.5 Å². The minimum atomic E-state index is -3.88. The highest BCUT2D eigenvalue weighted by Crippen LogP contribution is 2.27. The zero-order chi connectivity index (χ0) is 19.9. The number of sulfonamides is 1. The van der Waals surface area contributed by atoms with Crippen LogP contribution >= 0.6 is 0 Å². The van der Waals surface area contributed by atoms with E-state index in [1.54, 1.807) is 0 Å². The second kappa shape index (κ2) is 6.99. The van der Waals surface area contributed by atoms with Gasteiger partial charge in [-0.3, -0.25) is 9.69 Å². The summed E-state index contributed by atoms with van der Waals surface area (Å²) in [6.07, 6.45) is 0. The summed E-state index contributed by atoms with van der Waals surface area (Å²) >= 11 is 0. The summed E-state index contributed by atoms with van der Waals surface area (Å²) in [5.74, 6) is -0.940. The highest BCUT2D eigenvalue weighted by atomic mass is 32.2. The molecule has 0 bridgehead atoms. The Morgan fingerprint density at radius 1 is 0.964 bits per heavy atom. The molecule has 2 aromatic carbocycles. The van der Waals surface area contributed by atoms with E-state index >= 15 is 0 Å². The van der Waals surface area contributed by atoms with Gasteiger partial charge in [-0.05, 0) is 29.8 Å². The first-order valence-electron chi connectivity index (χ1n) is 8.79.